The van der Waals surface area contributed by atoms with E-state index in [1.165, 1.54) is 38.9 Å². The molecular weight excluding hydrogens is 475 g/mol. The molecule has 8 heteroatoms. The van der Waals surface area contributed by atoms with Crippen molar-refractivity contribution in [2.75, 3.05) is 51.6 Å². The Morgan fingerprint density at radius 3 is 2.44 bits per heavy atom. The zero-order chi connectivity index (χ0) is 19.2. The molecule has 0 aromatic heterocycles. The van der Waals surface area contributed by atoms with Gasteiger partial charge in [-0.1, -0.05) is 6.92 Å². The van der Waals surface area contributed by atoms with Crippen LogP contribution in [0, 0.1) is 5.92 Å². The lowest BCUT2D eigenvalue weighted by atomic mass is 9.99. The number of unbranched alkanes of at least 4 members (excludes halogenated alkanes) is 1. The summed E-state index contributed by atoms with van der Waals surface area (Å²) < 4.78 is 23.7. The van der Waals surface area contributed by atoms with Gasteiger partial charge in [0.2, 0.25) is 0 Å². The molecule has 0 atom stereocenters. The number of hydrogen-bond donors (Lipinski definition) is 1. The van der Waals surface area contributed by atoms with E-state index in [2.05, 4.69) is 29.0 Å². The van der Waals surface area contributed by atoms with E-state index < -0.39 is 14.6 Å². The van der Waals surface area contributed by atoms with Gasteiger partial charge in [-0.05, 0) is 72.0 Å². The first kappa shape index (κ1) is 24.9. The zero-order valence-corrected chi connectivity index (χ0v) is 20.7. The van der Waals surface area contributed by atoms with Crippen LogP contribution in [0.25, 0.3) is 0 Å². The first-order valence-electron chi connectivity index (χ1n) is 10.2. The molecule has 0 radical (unpaired) electrons. The van der Waals surface area contributed by atoms with Crippen molar-refractivity contribution in [1.82, 2.24) is 15.1 Å². The van der Waals surface area contributed by atoms with Gasteiger partial charge in [0.05, 0.1) is 10.5 Å². The molecule has 0 amide bonds. The van der Waals surface area contributed by atoms with Crippen LogP contribution in [0.3, 0.4) is 0 Å². The largest absolute Gasteiger partial charge is 0.357 e. The molecule has 160 valence electrons. The maximum Gasteiger partial charge on any atom is 0.193 e. The SMILES string of the molecule is CCNC(=NCCCCN1CCC(C)CC1)N1CCS(=O)(=O)C(C)(C)C1.I. The van der Waals surface area contributed by atoms with E-state index in [0.717, 1.165) is 31.4 Å². The molecule has 1 N–H and O–H groups in total. The summed E-state index contributed by atoms with van der Waals surface area (Å²) >= 11 is 0. The van der Waals surface area contributed by atoms with Crippen LogP contribution in [0.5, 0.6) is 0 Å². The van der Waals surface area contributed by atoms with Gasteiger partial charge >= 0.3 is 0 Å². The summed E-state index contributed by atoms with van der Waals surface area (Å²) in [5.41, 5.74) is 0. The van der Waals surface area contributed by atoms with Gasteiger partial charge < -0.3 is 15.1 Å². The highest BCUT2D eigenvalue weighted by Gasteiger charge is 2.40. The van der Waals surface area contributed by atoms with Crippen LogP contribution in [0.2, 0.25) is 0 Å². The lowest BCUT2D eigenvalue weighted by Crippen LogP contribution is -2.57. The third kappa shape index (κ3) is 7.34. The van der Waals surface area contributed by atoms with Crippen LogP contribution in [0.4, 0.5) is 0 Å². The van der Waals surface area contributed by atoms with Crippen molar-refractivity contribution >= 4 is 39.8 Å². The Kier molecular flexibility index (Phi) is 10.3. The fraction of sp³-hybridized carbons (Fsp3) is 0.947. The Morgan fingerprint density at radius 1 is 1.19 bits per heavy atom. The lowest BCUT2D eigenvalue weighted by Gasteiger charge is -2.39. The van der Waals surface area contributed by atoms with E-state index in [-0.39, 0.29) is 29.7 Å². The van der Waals surface area contributed by atoms with Crippen LogP contribution >= 0.6 is 24.0 Å². The van der Waals surface area contributed by atoms with E-state index in [1.54, 1.807) is 0 Å². The Hall–Kier alpha value is -0.0900. The number of nitrogens with one attached hydrogen (secondary N) is 1. The summed E-state index contributed by atoms with van der Waals surface area (Å²) in [7, 11) is -3.02. The highest BCUT2D eigenvalue weighted by molar-refractivity contribution is 14.0. The van der Waals surface area contributed by atoms with Crippen molar-refractivity contribution in [3.8, 4) is 0 Å². The van der Waals surface area contributed by atoms with Crippen LogP contribution in [0.1, 0.15) is 53.4 Å². The standard InChI is InChI=1S/C19H38N4O2S.HI/c1-5-20-18(23-14-15-26(24,25)19(3,4)16-23)21-10-6-7-11-22-12-8-17(2)9-13-22;/h17H,5-16H2,1-4H3,(H,20,21);1H. The molecule has 2 aliphatic heterocycles. The molecule has 2 rings (SSSR count). The van der Waals surface area contributed by atoms with Crippen LogP contribution in [0.15, 0.2) is 4.99 Å². The van der Waals surface area contributed by atoms with E-state index in [1.807, 2.05) is 13.8 Å². The second-order valence-corrected chi connectivity index (χ2v) is 11.2. The van der Waals surface area contributed by atoms with Crippen LogP contribution in [-0.2, 0) is 9.84 Å². The Morgan fingerprint density at radius 2 is 1.85 bits per heavy atom. The van der Waals surface area contributed by atoms with Crippen molar-refractivity contribution in [3.05, 3.63) is 0 Å². The van der Waals surface area contributed by atoms with E-state index in [0.29, 0.717) is 13.1 Å². The molecule has 0 aromatic rings. The van der Waals surface area contributed by atoms with Gasteiger partial charge in [0, 0.05) is 26.2 Å². The fourth-order valence-electron chi connectivity index (χ4n) is 3.67. The molecule has 2 fully saturated rings. The predicted molar refractivity (Wildman–Crippen MR) is 125 cm³/mol. The maximum atomic E-state index is 12.2. The van der Waals surface area contributed by atoms with Crippen LogP contribution in [-0.4, -0.2) is 80.5 Å². The average molecular weight is 515 g/mol. The number of sulfone groups is 1. The van der Waals surface area contributed by atoms with E-state index in [4.69, 9.17) is 4.99 Å². The normalized spacial score (nSPS) is 23.7. The Bertz CT molecular complexity index is 572. The molecule has 0 unspecified atom stereocenters. The molecule has 6 nitrogen and oxygen atoms in total. The second kappa shape index (κ2) is 11.2. The summed E-state index contributed by atoms with van der Waals surface area (Å²) in [6.07, 6.45) is 4.92. The highest BCUT2D eigenvalue weighted by atomic mass is 127. The number of rotatable bonds is 6. The third-order valence-corrected chi connectivity index (χ3v) is 8.23. The third-order valence-electron chi connectivity index (χ3n) is 5.70. The van der Waals surface area contributed by atoms with Gasteiger partial charge in [-0.2, -0.15) is 0 Å². The zero-order valence-electron chi connectivity index (χ0n) is 17.5. The van der Waals surface area contributed by atoms with Gasteiger partial charge in [-0.3, -0.25) is 4.99 Å². The monoisotopic (exact) mass is 514 g/mol. The summed E-state index contributed by atoms with van der Waals surface area (Å²) in [5.74, 6) is 1.95. The van der Waals surface area contributed by atoms with Crippen molar-refractivity contribution in [1.29, 1.82) is 0 Å². The van der Waals surface area contributed by atoms with Crippen molar-refractivity contribution in [2.24, 2.45) is 10.9 Å². The molecule has 0 bridgehead atoms. The smallest absolute Gasteiger partial charge is 0.193 e. The number of nitrogens with zero attached hydrogens (tertiary/aromatic N) is 3. The molecule has 2 heterocycles. The molecule has 27 heavy (non-hydrogen) atoms. The topological polar surface area (TPSA) is 65.0 Å². The molecule has 0 aromatic carbocycles. The molecule has 2 saturated heterocycles. The number of guanidine groups is 1. The van der Waals surface area contributed by atoms with Gasteiger partial charge in [0.25, 0.3) is 0 Å². The Labute approximate surface area is 183 Å². The summed E-state index contributed by atoms with van der Waals surface area (Å²) in [5, 5.41) is 3.33. The minimum Gasteiger partial charge on any atom is -0.357 e. The van der Waals surface area contributed by atoms with Gasteiger partial charge in [0.15, 0.2) is 15.8 Å². The van der Waals surface area contributed by atoms with E-state index in [9.17, 15) is 8.42 Å². The van der Waals surface area contributed by atoms with Crippen molar-refractivity contribution in [3.63, 3.8) is 0 Å². The number of aliphatic imine (C=N–C) groups is 1. The summed E-state index contributed by atoms with van der Waals surface area (Å²) in [6.45, 7) is 14.3. The first-order chi connectivity index (χ1) is 12.2. The number of piperidine rings is 1. The molecular formula is C19H39IN4O2S. The second-order valence-electron chi connectivity index (χ2n) is 8.47. The lowest BCUT2D eigenvalue weighted by molar-refractivity contribution is 0.190. The van der Waals surface area contributed by atoms with E-state index >= 15 is 0 Å². The molecule has 0 saturated carbocycles. The maximum absolute atomic E-state index is 12.2. The van der Waals surface area contributed by atoms with Crippen molar-refractivity contribution < 1.29 is 8.42 Å². The number of halogens is 1. The van der Waals surface area contributed by atoms with Gasteiger partial charge in [-0.15, -0.1) is 24.0 Å². The van der Waals surface area contributed by atoms with Crippen LogP contribution < -0.4 is 5.32 Å². The van der Waals surface area contributed by atoms with Gasteiger partial charge in [-0.25, -0.2) is 8.42 Å². The highest BCUT2D eigenvalue weighted by Crippen LogP contribution is 2.23. The summed E-state index contributed by atoms with van der Waals surface area (Å²) in [6, 6.07) is 0. The number of likely N-dealkylation sites (tertiary alicyclic amines) is 1. The fourth-order valence-corrected chi connectivity index (χ4v) is 5.03. The number of hydrogen-bond acceptors (Lipinski definition) is 4. The van der Waals surface area contributed by atoms with Gasteiger partial charge in [0.1, 0.15) is 0 Å². The van der Waals surface area contributed by atoms with Crippen molar-refractivity contribution in [2.45, 2.75) is 58.1 Å². The quantitative estimate of drug-likeness (QED) is 0.256. The molecule has 0 spiro atoms. The minimum atomic E-state index is -3.02. The predicted octanol–water partition coefficient (Wildman–Crippen LogP) is 2.59. The molecule has 0 aliphatic carbocycles. The Balaban J connectivity index is 0.00000364. The minimum absolute atomic E-state index is 0. The average Bonchev–Trinajstić information content (AvgIpc) is 2.58. The first-order valence-corrected chi connectivity index (χ1v) is 11.9. The summed E-state index contributed by atoms with van der Waals surface area (Å²) in [4.78, 5) is 9.45. The molecule has 2 aliphatic rings.